The molecule has 1 aromatic carbocycles. The van der Waals surface area contributed by atoms with Crippen LogP contribution in [0.2, 0.25) is 0 Å². The van der Waals surface area contributed by atoms with Gasteiger partial charge in [0.1, 0.15) is 5.82 Å². The van der Waals surface area contributed by atoms with E-state index in [-0.39, 0.29) is 6.04 Å². The number of para-hydroxylation sites is 2. The number of aromatic nitrogens is 2. The molecule has 0 aliphatic heterocycles. The molecule has 1 atom stereocenters. The largest absolute Gasteiger partial charge is 0.365 e. The Labute approximate surface area is 114 Å². The standard InChI is InChI=1S/C15H22N4/c1-3-4-7-12(10-16)18-15-11(2)17-13-8-5-6-9-14(13)19-15/h5-6,8-9,12H,3-4,7,10,16H2,1-2H3,(H,18,19). The second-order valence-electron chi connectivity index (χ2n) is 4.87. The van der Waals surface area contributed by atoms with Crippen molar-refractivity contribution in [3.05, 3.63) is 30.0 Å². The van der Waals surface area contributed by atoms with Crippen LogP contribution in [0.3, 0.4) is 0 Å². The summed E-state index contributed by atoms with van der Waals surface area (Å²) in [6, 6.07) is 8.20. The third-order valence-electron chi connectivity index (χ3n) is 3.28. The van der Waals surface area contributed by atoms with Crippen molar-refractivity contribution in [2.45, 2.75) is 39.2 Å². The van der Waals surface area contributed by atoms with E-state index in [2.05, 4.69) is 22.2 Å². The quantitative estimate of drug-likeness (QED) is 0.836. The SMILES string of the molecule is CCCCC(CN)Nc1nc2ccccc2nc1C. The Morgan fingerprint density at radius 3 is 2.53 bits per heavy atom. The van der Waals surface area contributed by atoms with Gasteiger partial charge in [0, 0.05) is 12.6 Å². The number of fused-ring (bicyclic) bond motifs is 1. The number of rotatable bonds is 6. The molecule has 0 radical (unpaired) electrons. The lowest BCUT2D eigenvalue weighted by Gasteiger charge is -2.18. The number of nitrogens with zero attached hydrogens (tertiary/aromatic N) is 2. The summed E-state index contributed by atoms with van der Waals surface area (Å²) < 4.78 is 0. The van der Waals surface area contributed by atoms with Gasteiger partial charge in [0.15, 0.2) is 0 Å². The summed E-state index contributed by atoms with van der Waals surface area (Å²) in [4.78, 5) is 9.22. The van der Waals surface area contributed by atoms with Crippen LogP contribution in [0.15, 0.2) is 24.3 Å². The van der Waals surface area contributed by atoms with E-state index in [9.17, 15) is 0 Å². The van der Waals surface area contributed by atoms with Crippen LogP contribution in [0.1, 0.15) is 31.9 Å². The van der Waals surface area contributed by atoms with Gasteiger partial charge in [0.25, 0.3) is 0 Å². The maximum atomic E-state index is 5.81. The van der Waals surface area contributed by atoms with Crippen molar-refractivity contribution in [1.29, 1.82) is 0 Å². The van der Waals surface area contributed by atoms with E-state index < -0.39 is 0 Å². The summed E-state index contributed by atoms with van der Waals surface area (Å²) >= 11 is 0. The normalized spacial score (nSPS) is 12.6. The van der Waals surface area contributed by atoms with Gasteiger partial charge in [-0.25, -0.2) is 9.97 Å². The van der Waals surface area contributed by atoms with Crippen molar-refractivity contribution in [2.75, 3.05) is 11.9 Å². The van der Waals surface area contributed by atoms with Gasteiger partial charge in [-0.05, 0) is 25.5 Å². The van der Waals surface area contributed by atoms with E-state index in [1.165, 1.54) is 12.8 Å². The number of nitrogens with two attached hydrogens (primary N) is 1. The number of hydrogen-bond acceptors (Lipinski definition) is 4. The summed E-state index contributed by atoms with van der Waals surface area (Å²) in [7, 11) is 0. The van der Waals surface area contributed by atoms with E-state index in [4.69, 9.17) is 5.73 Å². The fraction of sp³-hybridized carbons (Fsp3) is 0.467. The van der Waals surface area contributed by atoms with Crippen LogP contribution in [0, 0.1) is 6.92 Å². The highest BCUT2D eigenvalue weighted by molar-refractivity contribution is 5.76. The molecule has 0 spiro atoms. The molecular formula is C15H22N4. The second kappa shape index (κ2) is 6.48. The zero-order valence-electron chi connectivity index (χ0n) is 11.7. The number of unbranched alkanes of at least 4 members (excludes halogenated alkanes) is 1. The Balaban J connectivity index is 2.21. The minimum absolute atomic E-state index is 0.272. The van der Waals surface area contributed by atoms with Crippen molar-refractivity contribution < 1.29 is 0 Å². The van der Waals surface area contributed by atoms with Gasteiger partial charge in [0.05, 0.1) is 16.7 Å². The van der Waals surface area contributed by atoms with Gasteiger partial charge in [-0.2, -0.15) is 0 Å². The van der Waals surface area contributed by atoms with Gasteiger partial charge >= 0.3 is 0 Å². The maximum absolute atomic E-state index is 5.81. The summed E-state index contributed by atoms with van der Waals surface area (Å²) in [5.41, 5.74) is 8.59. The van der Waals surface area contributed by atoms with Crippen molar-refractivity contribution in [3.63, 3.8) is 0 Å². The van der Waals surface area contributed by atoms with Crippen molar-refractivity contribution in [1.82, 2.24) is 9.97 Å². The predicted molar refractivity (Wildman–Crippen MR) is 80.3 cm³/mol. The molecule has 1 unspecified atom stereocenters. The Morgan fingerprint density at radius 2 is 1.89 bits per heavy atom. The first-order valence-electron chi connectivity index (χ1n) is 6.94. The third-order valence-corrected chi connectivity index (χ3v) is 3.28. The molecule has 19 heavy (non-hydrogen) atoms. The highest BCUT2D eigenvalue weighted by Gasteiger charge is 2.10. The van der Waals surface area contributed by atoms with Gasteiger partial charge in [-0.15, -0.1) is 0 Å². The van der Waals surface area contributed by atoms with E-state index in [1.807, 2.05) is 31.2 Å². The molecule has 1 heterocycles. The fourth-order valence-corrected chi connectivity index (χ4v) is 2.12. The predicted octanol–water partition coefficient (Wildman–Crippen LogP) is 2.87. The molecule has 0 amide bonds. The van der Waals surface area contributed by atoms with Crippen LogP contribution in [0.5, 0.6) is 0 Å². The van der Waals surface area contributed by atoms with E-state index in [0.29, 0.717) is 6.54 Å². The van der Waals surface area contributed by atoms with Gasteiger partial charge in [0.2, 0.25) is 0 Å². The van der Waals surface area contributed by atoms with Gasteiger partial charge in [-0.3, -0.25) is 0 Å². The Hall–Kier alpha value is -1.68. The molecule has 4 nitrogen and oxygen atoms in total. The number of anilines is 1. The molecule has 3 N–H and O–H groups in total. The lowest BCUT2D eigenvalue weighted by molar-refractivity contribution is 0.612. The Morgan fingerprint density at radius 1 is 1.21 bits per heavy atom. The number of hydrogen-bond donors (Lipinski definition) is 2. The number of benzene rings is 1. The third kappa shape index (κ3) is 3.41. The Kier molecular flexibility index (Phi) is 4.68. The summed E-state index contributed by atoms with van der Waals surface area (Å²) in [5.74, 6) is 0.852. The first kappa shape index (κ1) is 13.7. The molecule has 102 valence electrons. The van der Waals surface area contributed by atoms with Gasteiger partial charge in [-0.1, -0.05) is 31.9 Å². The van der Waals surface area contributed by atoms with E-state index >= 15 is 0 Å². The number of aryl methyl sites for hydroxylation is 1. The minimum atomic E-state index is 0.272. The van der Waals surface area contributed by atoms with Crippen molar-refractivity contribution in [2.24, 2.45) is 5.73 Å². The lowest BCUT2D eigenvalue weighted by atomic mass is 10.1. The first-order chi connectivity index (χ1) is 9.24. The zero-order chi connectivity index (χ0) is 13.7. The van der Waals surface area contributed by atoms with Crippen LogP contribution in [-0.2, 0) is 0 Å². The van der Waals surface area contributed by atoms with Crippen LogP contribution in [0.4, 0.5) is 5.82 Å². The second-order valence-corrected chi connectivity index (χ2v) is 4.87. The van der Waals surface area contributed by atoms with Crippen molar-refractivity contribution >= 4 is 16.9 Å². The Bertz CT molecular complexity index is 539. The molecule has 0 bridgehead atoms. The molecule has 0 saturated carbocycles. The molecule has 4 heteroatoms. The molecule has 0 aliphatic carbocycles. The van der Waals surface area contributed by atoms with E-state index in [0.717, 1.165) is 29.0 Å². The highest BCUT2D eigenvalue weighted by atomic mass is 15.1. The molecule has 0 fully saturated rings. The molecule has 0 saturated heterocycles. The first-order valence-corrected chi connectivity index (χ1v) is 6.94. The summed E-state index contributed by atoms with van der Waals surface area (Å²) in [6.07, 6.45) is 3.43. The van der Waals surface area contributed by atoms with Crippen LogP contribution >= 0.6 is 0 Å². The highest BCUT2D eigenvalue weighted by Crippen LogP contribution is 2.17. The molecule has 2 rings (SSSR count). The van der Waals surface area contributed by atoms with Crippen LogP contribution in [-0.4, -0.2) is 22.6 Å². The smallest absolute Gasteiger partial charge is 0.148 e. The van der Waals surface area contributed by atoms with Crippen LogP contribution < -0.4 is 11.1 Å². The topological polar surface area (TPSA) is 63.8 Å². The summed E-state index contributed by atoms with van der Waals surface area (Å²) in [5, 5.41) is 3.43. The van der Waals surface area contributed by atoms with Crippen molar-refractivity contribution in [3.8, 4) is 0 Å². The molecule has 1 aromatic heterocycles. The fourth-order valence-electron chi connectivity index (χ4n) is 2.12. The summed E-state index contributed by atoms with van der Waals surface area (Å²) in [6.45, 7) is 4.79. The average Bonchev–Trinajstić information content (AvgIpc) is 2.43. The zero-order valence-corrected chi connectivity index (χ0v) is 11.7. The van der Waals surface area contributed by atoms with Gasteiger partial charge < -0.3 is 11.1 Å². The molecule has 0 aliphatic rings. The molecule has 2 aromatic rings. The van der Waals surface area contributed by atoms with E-state index in [1.54, 1.807) is 0 Å². The molecular weight excluding hydrogens is 236 g/mol. The maximum Gasteiger partial charge on any atom is 0.148 e. The lowest BCUT2D eigenvalue weighted by Crippen LogP contribution is -2.29. The number of nitrogens with one attached hydrogen (secondary N) is 1. The monoisotopic (exact) mass is 258 g/mol. The minimum Gasteiger partial charge on any atom is -0.365 e. The average molecular weight is 258 g/mol. The van der Waals surface area contributed by atoms with Crippen LogP contribution in [0.25, 0.3) is 11.0 Å².